The minimum atomic E-state index is -1.41. The predicted octanol–water partition coefficient (Wildman–Crippen LogP) is 11.4. The molecule has 5 atom stereocenters. The lowest BCUT2D eigenvalue weighted by molar-refractivity contribution is -0.151. The van der Waals surface area contributed by atoms with Crippen molar-refractivity contribution in [2.45, 2.75) is 71.9 Å². The van der Waals surface area contributed by atoms with Crippen LogP contribution in [-0.2, 0) is 46.3 Å². The molecule has 0 aromatic heterocycles. The number of aliphatic hydroxyl groups excluding tert-OH is 1. The minimum absolute atomic E-state index is 0.0623. The number of hydrogen-bond donors (Lipinski definition) is 4. The van der Waals surface area contributed by atoms with Gasteiger partial charge in [0.25, 0.3) is 0 Å². The second-order valence-corrected chi connectivity index (χ2v) is 22.2. The second-order valence-electron chi connectivity index (χ2n) is 19.6. The van der Waals surface area contributed by atoms with Gasteiger partial charge in [-0.2, -0.15) is 0 Å². The maximum absolute atomic E-state index is 15.1. The third-order valence-electron chi connectivity index (χ3n) is 14.2. The Kier molecular flexibility index (Phi) is 19.5. The number of hydrogen-bond acceptors (Lipinski definition) is 8. The molecule has 1 fully saturated rings. The number of carbonyl (C=O) groups excluding carboxylic acids is 4. The summed E-state index contributed by atoms with van der Waals surface area (Å²) in [6, 6.07) is 77.0. The molecule has 0 bridgehead atoms. The van der Waals surface area contributed by atoms with Gasteiger partial charge in [-0.1, -0.05) is 249 Å². The maximum Gasteiger partial charge on any atom is 0.309 e. The Hall–Kier alpha value is -7.96. The summed E-state index contributed by atoms with van der Waals surface area (Å²) in [5, 5.41) is 21.2. The average molecular weight is 1080 g/mol. The molecule has 1 aliphatic rings. The molecule has 1 saturated heterocycles. The van der Waals surface area contributed by atoms with Crippen LogP contribution in [-0.4, -0.2) is 70.6 Å². The summed E-state index contributed by atoms with van der Waals surface area (Å²) in [6.07, 6.45) is 1.24. The number of ether oxygens (including phenoxy) is 1. The van der Waals surface area contributed by atoms with Crippen molar-refractivity contribution in [1.82, 2.24) is 16.0 Å². The maximum atomic E-state index is 15.1. The lowest BCUT2D eigenvalue weighted by Crippen LogP contribution is -2.58. The van der Waals surface area contributed by atoms with Crippen LogP contribution in [0.5, 0.6) is 0 Å². The van der Waals surface area contributed by atoms with Crippen molar-refractivity contribution in [1.29, 1.82) is 0 Å². The highest BCUT2D eigenvalue weighted by molar-refractivity contribution is 8.00. The number of nitrogens with one attached hydrogen (secondary N) is 3. The monoisotopic (exact) mass is 1080 g/mol. The summed E-state index contributed by atoms with van der Waals surface area (Å²) in [7, 11) is 0. The number of carbonyl (C=O) groups is 4. The van der Waals surface area contributed by atoms with Crippen molar-refractivity contribution in [3.8, 4) is 0 Å². The molecular weight excluding hydrogens is 1020 g/mol. The van der Waals surface area contributed by atoms with Crippen molar-refractivity contribution in [2.75, 3.05) is 11.5 Å². The molecule has 0 aliphatic carbocycles. The molecule has 4 N–H and O–H groups in total. The van der Waals surface area contributed by atoms with Gasteiger partial charge < -0.3 is 25.8 Å². The van der Waals surface area contributed by atoms with Crippen molar-refractivity contribution in [3.63, 3.8) is 0 Å². The largest absolute Gasteiger partial charge is 0.457 e. The first-order chi connectivity index (χ1) is 38.7. The van der Waals surface area contributed by atoms with Crippen molar-refractivity contribution in [2.24, 2.45) is 0 Å². The van der Waals surface area contributed by atoms with Crippen LogP contribution in [0.1, 0.15) is 63.8 Å². The smallest absolute Gasteiger partial charge is 0.309 e. The first kappa shape index (κ1) is 55.8. The zero-order chi connectivity index (χ0) is 54.7. The average Bonchev–Trinajstić information content (AvgIpc) is 3.53. The molecule has 0 spiro atoms. The Morgan fingerprint density at radius 2 is 0.835 bits per heavy atom. The van der Waals surface area contributed by atoms with Crippen molar-refractivity contribution >= 4 is 47.2 Å². The molecule has 79 heavy (non-hydrogen) atoms. The second kappa shape index (κ2) is 27.6. The molecule has 400 valence electrons. The fourth-order valence-corrected chi connectivity index (χ4v) is 13.4. The number of aliphatic hydroxyl groups is 1. The fourth-order valence-electron chi connectivity index (χ4n) is 10.3. The molecule has 1 heterocycles. The van der Waals surface area contributed by atoms with Crippen molar-refractivity contribution < 1.29 is 29.0 Å². The fraction of sp³-hybridized carbons (Fsp3) is 0.206. The van der Waals surface area contributed by atoms with Crippen LogP contribution < -0.4 is 16.0 Å². The van der Waals surface area contributed by atoms with E-state index in [1.807, 2.05) is 140 Å². The van der Waals surface area contributed by atoms with Gasteiger partial charge in [0, 0.05) is 12.2 Å². The van der Waals surface area contributed by atoms with Gasteiger partial charge in [-0.15, -0.1) is 23.5 Å². The molecule has 11 heteroatoms. The van der Waals surface area contributed by atoms with Crippen molar-refractivity contribution in [3.05, 3.63) is 299 Å². The number of allylic oxidation sites excluding steroid dienone is 1. The van der Waals surface area contributed by atoms with Gasteiger partial charge in [-0.05, 0) is 69.2 Å². The molecule has 3 amide bonds. The summed E-state index contributed by atoms with van der Waals surface area (Å²) in [5.41, 5.74) is 7.90. The Labute approximate surface area is 472 Å². The molecule has 0 radical (unpaired) electrons. The van der Waals surface area contributed by atoms with Gasteiger partial charge in [0.05, 0.1) is 34.5 Å². The first-order valence-corrected chi connectivity index (χ1v) is 28.8. The normalized spacial score (nSPS) is 18.8. The molecular formula is C68H65N3O6S2. The van der Waals surface area contributed by atoms with Gasteiger partial charge >= 0.3 is 5.97 Å². The zero-order valence-electron chi connectivity index (χ0n) is 43.9. The number of thioether (sulfide) groups is 2. The topological polar surface area (TPSA) is 134 Å². The van der Waals surface area contributed by atoms with E-state index in [0.29, 0.717) is 12.2 Å². The first-order valence-electron chi connectivity index (χ1n) is 26.8. The van der Waals surface area contributed by atoms with Crippen LogP contribution in [0.4, 0.5) is 0 Å². The SMILES string of the molecule is O=C1C[C@@H](/C=C/CCSC(c2ccccc2)(c2ccccc2)c2ccccc2)OC(=O)C[C@H](O)[C@@H](Cc2ccccc2)NC(=O)[C@@H](CSC(c2ccccc2)(c2ccccc2)c2ccccc2)NC(=O)[C@@H](Cc2ccccc2)N1. The lowest BCUT2D eigenvalue weighted by atomic mass is 9.84. The van der Waals surface area contributed by atoms with E-state index in [0.717, 1.165) is 44.5 Å². The number of rotatable bonds is 18. The molecule has 0 unspecified atom stereocenters. The van der Waals surface area contributed by atoms with E-state index in [2.05, 4.69) is 125 Å². The summed E-state index contributed by atoms with van der Waals surface area (Å²) in [6.45, 7) is 0. The Morgan fingerprint density at radius 1 is 0.456 bits per heavy atom. The van der Waals surface area contributed by atoms with Gasteiger partial charge in [0.15, 0.2) is 0 Å². The minimum Gasteiger partial charge on any atom is -0.457 e. The zero-order valence-corrected chi connectivity index (χ0v) is 45.5. The van der Waals surface area contributed by atoms with Crippen LogP contribution in [0.15, 0.2) is 255 Å². The van der Waals surface area contributed by atoms with Gasteiger partial charge in [-0.3, -0.25) is 19.2 Å². The highest BCUT2D eigenvalue weighted by Gasteiger charge is 2.41. The van der Waals surface area contributed by atoms with Crippen LogP contribution in [0.2, 0.25) is 0 Å². The summed E-state index contributed by atoms with van der Waals surface area (Å²) in [4.78, 5) is 58.7. The third kappa shape index (κ3) is 14.2. The number of amides is 3. The van der Waals surface area contributed by atoms with E-state index in [1.165, 1.54) is 11.8 Å². The Bertz CT molecular complexity index is 3020. The highest BCUT2D eigenvalue weighted by atomic mass is 32.2. The molecule has 1 aliphatic heterocycles. The molecule has 0 saturated carbocycles. The summed E-state index contributed by atoms with van der Waals surface area (Å²) < 4.78 is 4.68. The van der Waals surface area contributed by atoms with Crippen LogP contribution in [0.25, 0.3) is 0 Å². The lowest BCUT2D eigenvalue weighted by Gasteiger charge is -2.37. The van der Waals surface area contributed by atoms with E-state index in [4.69, 9.17) is 4.74 Å². The standard InChI is InChI=1S/C68H65N3O6S2/c72-62-48-64(74)77-58(43-25-26-44-78-67(52-31-13-3-14-32-52,53-33-15-4-16-34-53)54-35-17-5-18-36-54)47-63(73)69-60(46-51-29-11-2-12-30-51)65(75)71-61(66(76)70-59(62)45-50-27-9-1-10-28-50)49-79-68(55-37-19-6-20-38-55,56-39-21-7-22-40-56)57-41-23-8-24-42-57/h1-25,27-43,58-62,72H,26,44-49H2,(H,69,73)(H,70,76)(H,71,75)/b43-25+/t58-,59-,60-,61-,62+/m1/s1. The van der Waals surface area contributed by atoms with Crippen LogP contribution in [0, 0.1) is 0 Å². The quantitative estimate of drug-likeness (QED) is 0.0289. The summed E-state index contributed by atoms with van der Waals surface area (Å²) in [5.74, 6) is -1.70. The Balaban J connectivity index is 1.03. The van der Waals surface area contributed by atoms with Gasteiger partial charge in [-0.25, -0.2) is 0 Å². The van der Waals surface area contributed by atoms with Gasteiger partial charge in [0.2, 0.25) is 17.7 Å². The third-order valence-corrected chi connectivity index (χ3v) is 17.4. The molecule has 8 aromatic rings. The van der Waals surface area contributed by atoms with E-state index >= 15 is 9.59 Å². The molecule has 9 nitrogen and oxygen atoms in total. The van der Waals surface area contributed by atoms with E-state index in [9.17, 15) is 14.7 Å². The molecule has 9 rings (SSSR count). The summed E-state index contributed by atoms with van der Waals surface area (Å²) >= 11 is 3.29. The van der Waals surface area contributed by atoms with E-state index in [-0.39, 0.29) is 25.0 Å². The molecule has 8 aromatic carbocycles. The van der Waals surface area contributed by atoms with Crippen LogP contribution in [0.3, 0.4) is 0 Å². The van der Waals surface area contributed by atoms with E-state index < -0.39 is 69.9 Å². The van der Waals surface area contributed by atoms with E-state index in [1.54, 1.807) is 17.8 Å². The highest BCUT2D eigenvalue weighted by Crippen LogP contribution is 2.50. The Morgan fingerprint density at radius 3 is 1.27 bits per heavy atom. The number of benzene rings is 8. The van der Waals surface area contributed by atoms with Gasteiger partial charge in [0.1, 0.15) is 18.2 Å². The predicted molar refractivity (Wildman–Crippen MR) is 318 cm³/mol. The van der Waals surface area contributed by atoms with Crippen LogP contribution >= 0.6 is 23.5 Å². The number of cyclic esters (lactones) is 1. The number of esters is 1.